The molecule has 0 N–H and O–H groups in total. The van der Waals surface area contributed by atoms with Gasteiger partial charge in [-0.3, -0.25) is 0 Å². The zero-order valence-corrected chi connectivity index (χ0v) is 8.98. The van der Waals surface area contributed by atoms with Crippen LogP contribution in [-0.2, 0) is 16.5 Å². The Hall–Kier alpha value is 2.90. The Balaban J connectivity index is 0. The average molecular weight is 305 g/mol. The van der Waals surface area contributed by atoms with Crippen molar-refractivity contribution in [2.45, 2.75) is 0 Å². The van der Waals surface area contributed by atoms with Gasteiger partial charge in [-0.2, -0.15) is 0 Å². The predicted molar refractivity (Wildman–Crippen MR) is 17.5 cm³/mol. The fraction of sp³-hybridized carbons (Fsp3) is 0. The Kier molecular flexibility index (Phi) is 23.3. The van der Waals surface area contributed by atoms with Gasteiger partial charge >= 0.3 is 35.3 Å². The first kappa shape index (κ1) is 10.0. The monoisotopic (exact) mass is 304 g/mol. The van der Waals surface area contributed by atoms with Crippen LogP contribution in [0.25, 0.3) is 0 Å². The van der Waals surface area contributed by atoms with Crippen LogP contribution in [0.3, 0.4) is 0 Å². The van der Waals surface area contributed by atoms with Crippen molar-refractivity contribution in [1.82, 2.24) is 0 Å². The molecule has 4 heavy (non-hydrogen) atoms. The molecule has 0 aliphatic carbocycles. The molecule has 0 saturated heterocycles. The Morgan fingerprint density at radius 1 is 1.25 bits per heavy atom. The fourth-order valence-corrected chi connectivity index (χ4v) is 0. The number of halogens is 2. The van der Waals surface area contributed by atoms with E-state index in [1.54, 1.807) is 0 Å². The van der Waals surface area contributed by atoms with Crippen LogP contribution in [0.2, 0.25) is 0 Å². The number of hydrogen-bond donors (Lipinski definition) is 0. The van der Waals surface area contributed by atoms with E-state index >= 15 is 0 Å². The first-order valence-electron chi connectivity index (χ1n) is 0.239. The first-order chi connectivity index (χ1) is 1.41. The molecule has 0 aliphatic rings. The third-order valence-electron chi connectivity index (χ3n) is 0. The van der Waals surface area contributed by atoms with Crippen molar-refractivity contribution < 1.29 is 16.5 Å². The molecule has 0 aromatic rings. The van der Waals surface area contributed by atoms with Gasteiger partial charge in [0.25, 0.3) is 0 Å². The topological polar surface area (TPSA) is 0 Å². The van der Waals surface area contributed by atoms with E-state index in [2.05, 4.69) is 0 Å². The molecular formula is Cl2KPt. The van der Waals surface area contributed by atoms with Crippen LogP contribution in [0, 0.1) is 0 Å². The average Bonchev–Trinajstić information content (AvgIpc) is 0.918. The molecule has 4 heteroatoms. The van der Waals surface area contributed by atoms with Crippen LogP contribution in [0.15, 0.2) is 0 Å². The van der Waals surface area contributed by atoms with Gasteiger partial charge in [-0.05, 0) is 0 Å². The van der Waals surface area contributed by atoms with Gasteiger partial charge in [0.15, 0.2) is 0 Å². The van der Waals surface area contributed by atoms with Gasteiger partial charge in [-0.25, -0.2) is 0 Å². The molecule has 0 bridgehead atoms. The van der Waals surface area contributed by atoms with Gasteiger partial charge in [-0.1, -0.05) is 0 Å². The Morgan fingerprint density at radius 2 is 1.25 bits per heavy atom. The van der Waals surface area contributed by atoms with Gasteiger partial charge < -0.3 is 0 Å². The molecule has 0 atom stereocenters. The van der Waals surface area contributed by atoms with E-state index < -0.39 is 16.5 Å². The van der Waals surface area contributed by atoms with E-state index in [0.717, 1.165) is 0 Å². The molecular weight excluding hydrogens is 305 g/mol. The summed E-state index contributed by atoms with van der Waals surface area (Å²) in [5.41, 5.74) is 0. The van der Waals surface area contributed by atoms with Gasteiger partial charge in [0, 0.05) is 51.4 Å². The largest absolute Gasteiger partial charge is 0 e. The molecule has 0 saturated carbocycles. The van der Waals surface area contributed by atoms with Crippen LogP contribution in [-0.4, -0.2) is 51.4 Å². The molecule has 0 aliphatic heterocycles. The van der Waals surface area contributed by atoms with E-state index in [1.807, 2.05) is 0 Å². The van der Waals surface area contributed by atoms with Crippen molar-refractivity contribution in [3.8, 4) is 0 Å². The van der Waals surface area contributed by atoms with Gasteiger partial charge in [-0.15, -0.1) is 0 Å². The second kappa shape index (κ2) is 9.32. The quantitative estimate of drug-likeness (QED) is 0.586. The summed E-state index contributed by atoms with van der Waals surface area (Å²) in [5, 5.41) is 0. The predicted octanol–water partition coefficient (Wildman–Crippen LogP) is 0.996. The second-order valence-corrected chi connectivity index (χ2v) is 3.33. The molecule has 25 valence electrons. The van der Waals surface area contributed by atoms with Crippen LogP contribution in [0.4, 0.5) is 0 Å². The van der Waals surface area contributed by atoms with Gasteiger partial charge in [0.1, 0.15) is 0 Å². The van der Waals surface area contributed by atoms with E-state index in [0.29, 0.717) is 0 Å². The molecule has 0 fully saturated rings. The molecule has 0 unspecified atom stereocenters. The molecule has 0 spiro atoms. The van der Waals surface area contributed by atoms with Crippen molar-refractivity contribution in [3.63, 3.8) is 0 Å². The summed E-state index contributed by atoms with van der Waals surface area (Å²) >= 11 is -0.472. The molecule has 1 radical (unpaired) electrons. The summed E-state index contributed by atoms with van der Waals surface area (Å²) < 4.78 is 0. The summed E-state index contributed by atoms with van der Waals surface area (Å²) in [7, 11) is 9.75. The zero-order valence-electron chi connectivity index (χ0n) is 2.07. The van der Waals surface area contributed by atoms with Crippen molar-refractivity contribution in [2.24, 2.45) is 0 Å². The van der Waals surface area contributed by atoms with Gasteiger partial charge in [0.05, 0.1) is 0 Å². The van der Waals surface area contributed by atoms with Gasteiger partial charge in [0.2, 0.25) is 0 Å². The second-order valence-electron chi connectivity index (χ2n) is 0.0452. The van der Waals surface area contributed by atoms with Crippen LogP contribution in [0.1, 0.15) is 0 Å². The normalized spacial score (nSPS) is 5.50. The first-order valence-corrected chi connectivity index (χ1v) is 5.87. The van der Waals surface area contributed by atoms with E-state index in [9.17, 15) is 0 Å². The maximum absolute atomic E-state index is 4.88. The third-order valence-corrected chi connectivity index (χ3v) is 0. The number of rotatable bonds is 0. The van der Waals surface area contributed by atoms with Crippen LogP contribution >= 0.6 is 18.8 Å². The third kappa shape index (κ3) is 8.86. The maximum Gasteiger partial charge on any atom is 0 e. The standard InChI is InChI=1S/2ClH.K.Pt/h2*1H;;/q;;;+2/p-2. The minimum Gasteiger partial charge on any atom is 0 e. The smallest absolute Gasteiger partial charge is 0 e. The molecule has 0 amide bonds. The van der Waals surface area contributed by atoms with Crippen LogP contribution in [0.5, 0.6) is 0 Å². The minimum absolute atomic E-state index is 0. The molecule has 0 rings (SSSR count). The number of hydrogen-bond acceptors (Lipinski definition) is 0. The van der Waals surface area contributed by atoms with Crippen molar-refractivity contribution in [3.05, 3.63) is 0 Å². The summed E-state index contributed by atoms with van der Waals surface area (Å²) in [6.07, 6.45) is 0. The van der Waals surface area contributed by atoms with Crippen molar-refractivity contribution in [1.29, 1.82) is 0 Å². The van der Waals surface area contributed by atoms with Crippen LogP contribution < -0.4 is 0 Å². The maximum atomic E-state index is 4.88. The summed E-state index contributed by atoms with van der Waals surface area (Å²) in [6.45, 7) is 0. The van der Waals surface area contributed by atoms with E-state index in [-0.39, 0.29) is 51.4 Å². The summed E-state index contributed by atoms with van der Waals surface area (Å²) in [5.74, 6) is 0. The zero-order chi connectivity index (χ0) is 2.71. The SMILES string of the molecule is [Cl][Pt][Cl].[K]. The van der Waals surface area contributed by atoms with Crippen molar-refractivity contribution in [2.75, 3.05) is 0 Å². The Morgan fingerprint density at radius 3 is 1.25 bits per heavy atom. The summed E-state index contributed by atoms with van der Waals surface area (Å²) in [6, 6.07) is 0. The molecule has 0 aromatic heterocycles. The molecule has 0 nitrogen and oxygen atoms in total. The Bertz CT molecular complexity index is 6.00. The fourth-order valence-electron chi connectivity index (χ4n) is 0. The van der Waals surface area contributed by atoms with E-state index in [4.69, 9.17) is 18.8 Å². The van der Waals surface area contributed by atoms with Crippen molar-refractivity contribution >= 4 is 70.2 Å². The summed E-state index contributed by atoms with van der Waals surface area (Å²) in [4.78, 5) is 0. The van der Waals surface area contributed by atoms with E-state index in [1.165, 1.54) is 0 Å². The molecule has 0 aromatic carbocycles. The molecule has 0 heterocycles. The minimum atomic E-state index is -0.472. The Labute approximate surface area is 84.4 Å².